The van der Waals surface area contributed by atoms with Gasteiger partial charge in [0.1, 0.15) is 12.1 Å². The van der Waals surface area contributed by atoms with Gasteiger partial charge in [-0.1, -0.05) is 0 Å². The van der Waals surface area contributed by atoms with E-state index in [2.05, 4.69) is 19.9 Å². The van der Waals surface area contributed by atoms with E-state index in [4.69, 9.17) is 4.98 Å². The number of aromatic nitrogens is 4. The molecule has 22 heavy (non-hydrogen) atoms. The Balaban J connectivity index is 1.79. The number of hydrogen-bond donors (Lipinski definition) is 0. The Kier molecular flexibility index (Phi) is 4.18. The van der Waals surface area contributed by atoms with Crippen LogP contribution in [-0.2, 0) is 0 Å². The fourth-order valence-electron chi connectivity index (χ4n) is 2.84. The van der Waals surface area contributed by atoms with Crippen LogP contribution in [0.15, 0.2) is 24.7 Å². The van der Waals surface area contributed by atoms with Gasteiger partial charge in [-0.05, 0) is 25.8 Å². The lowest BCUT2D eigenvalue weighted by Gasteiger charge is -2.33. The molecule has 1 aliphatic rings. The minimum absolute atomic E-state index is 0.422. The second-order valence-corrected chi connectivity index (χ2v) is 5.98. The highest BCUT2D eigenvalue weighted by atomic mass is 15.2. The number of aryl methyl sites for hydroxylation is 1. The van der Waals surface area contributed by atoms with Crippen LogP contribution in [0.4, 0.5) is 11.8 Å². The lowest BCUT2D eigenvalue weighted by molar-refractivity contribution is 0.497. The molecular formula is C16H22N6. The zero-order valence-electron chi connectivity index (χ0n) is 13.4. The minimum atomic E-state index is 0.422. The highest BCUT2D eigenvalue weighted by molar-refractivity contribution is 5.40. The van der Waals surface area contributed by atoms with E-state index in [0.717, 1.165) is 49.1 Å². The van der Waals surface area contributed by atoms with Gasteiger partial charge in [-0.15, -0.1) is 0 Å². The number of piperidine rings is 1. The molecule has 0 amide bonds. The average Bonchev–Trinajstić information content (AvgIpc) is 2.55. The summed E-state index contributed by atoms with van der Waals surface area (Å²) in [6, 6.07) is 4.08. The molecule has 3 rings (SSSR count). The number of nitrogens with zero attached hydrogens (tertiary/aromatic N) is 6. The average molecular weight is 298 g/mol. The summed E-state index contributed by atoms with van der Waals surface area (Å²) in [5, 5.41) is 0. The van der Waals surface area contributed by atoms with E-state index in [1.54, 1.807) is 6.33 Å². The van der Waals surface area contributed by atoms with Crippen LogP contribution in [-0.4, -0.2) is 47.1 Å². The van der Waals surface area contributed by atoms with Crippen molar-refractivity contribution in [2.24, 2.45) is 0 Å². The predicted molar refractivity (Wildman–Crippen MR) is 87.3 cm³/mol. The Labute approximate surface area is 131 Å². The van der Waals surface area contributed by atoms with E-state index in [1.165, 1.54) is 0 Å². The molecule has 2 aromatic heterocycles. The second kappa shape index (κ2) is 6.25. The minimum Gasteiger partial charge on any atom is -0.356 e. The van der Waals surface area contributed by atoms with Crippen molar-refractivity contribution < 1.29 is 0 Å². The molecule has 6 nitrogen and oxygen atoms in total. The van der Waals surface area contributed by atoms with Crippen molar-refractivity contribution in [1.29, 1.82) is 0 Å². The summed E-state index contributed by atoms with van der Waals surface area (Å²) in [7, 11) is 3.94. The number of rotatable bonds is 3. The molecular weight excluding hydrogens is 276 g/mol. The lowest BCUT2D eigenvalue weighted by atomic mass is 9.94. The second-order valence-electron chi connectivity index (χ2n) is 5.98. The van der Waals surface area contributed by atoms with Crippen molar-refractivity contribution >= 4 is 11.8 Å². The number of hydrogen-bond acceptors (Lipinski definition) is 6. The van der Waals surface area contributed by atoms with Gasteiger partial charge < -0.3 is 9.80 Å². The maximum atomic E-state index is 4.70. The Morgan fingerprint density at radius 3 is 2.86 bits per heavy atom. The van der Waals surface area contributed by atoms with Crippen LogP contribution in [0.1, 0.15) is 30.1 Å². The summed E-state index contributed by atoms with van der Waals surface area (Å²) in [5.41, 5.74) is 2.12. The van der Waals surface area contributed by atoms with E-state index in [0.29, 0.717) is 5.92 Å². The summed E-state index contributed by atoms with van der Waals surface area (Å²) < 4.78 is 0. The van der Waals surface area contributed by atoms with Crippen molar-refractivity contribution in [3.63, 3.8) is 0 Å². The summed E-state index contributed by atoms with van der Waals surface area (Å²) in [4.78, 5) is 21.9. The summed E-state index contributed by atoms with van der Waals surface area (Å²) in [6.07, 6.45) is 5.80. The molecule has 3 heterocycles. The molecule has 0 aromatic carbocycles. The highest BCUT2D eigenvalue weighted by Crippen LogP contribution is 2.28. The predicted octanol–water partition coefficient (Wildman–Crippen LogP) is 2.03. The molecule has 1 aliphatic heterocycles. The Morgan fingerprint density at radius 2 is 2.09 bits per heavy atom. The van der Waals surface area contributed by atoms with Gasteiger partial charge in [0.25, 0.3) is 0 Å². The Morgan fingerprint density at radius 1 is 1.23 bits per heavy atom. The quantitative estimate of drug-likeness (QED) is 0.864. The Hall–Kier alpha value is -2.24. The van der Waals surface area contributed by atoms with E-state index in [1.807, 2.05) is 44.2 Å². The topological polar surface area (TPSA) is 58.0 Å². The maximum Gasteiger partial charge on any atom is 0.224 e. The molecule has 1 atom stereocenters. The van der Waals surface area contributed by atoms with Gasteiger partial charge in [0.15, 0.2) is 0 Å². The molecule has 0 saturated carbocycles. The van der Waals surface area contributed by atoms with Gasteiger partial charge in [-0.3, -0.25) is 0 Å². The van der Waals surface area contributed by atoms with Crippen LogP contribution in [0.2, 0.25) is 0 Å². The summed E-state index contributed by atoms with van der Waals surface area (Å²) in [6.45, 7) is 3.99. The van der Waals surface area contributed by atoms with Crippen molar-refractivity contribution in [3.05, 3.63) is 36.0 Å². The summed E-state index contributed by atoms with van der Waals surface area (Å²) in [5.74, 6) is 2.21. The van der Waals surface area contributed by atoms with Gasteiger partial charge >= 0.3 is 0 Å². The van der Waals surface area contributed by atoms with Crippen LogP contribution >= 0.6 is 0 Å². The molecule has 0 N–H and O–H groups in total. The molecule has 1 fully saturated rings. The maximum absolute atomic E-state index is 4.70. The zero-order valence-corrected chi connectivity index (χ0v) is 13.4. The smallest absolute Gasteiger partial charge is 0.224 e. The van der Waals surface area contributed by atoms with Crippen LogP contribution in [0.5, 0.6) is 0 Å². The van der Waals surface area contributed by atoms with Gasteiger partial charge in [0.2, 0.25) is 5.95 Å². The normalized spacial score (nSPS) is 18.3. The van der Waals surface area contributed by atoms with Crippen LogP contribution in [0.3, 0.4) is 0 Å². The molecule has 116 valence electrons. The molecule has 6 heteroatoms. The first-order valence-corrected chi connectivity index (χ1v) is 7.67. The largest absolute Gasteiger partial charge is 0.356 e. The molecule has 0 aliphatic carbocycles. The molecule has 1 unspecified atom stereocenters. The van der Waals surface area contributed by atoms with E-state index in [-0.39, 0.29) is 0 Å². The van der Waals surface area contributed by atoms with Gasteiger partial charge in [0.05, 0.1) is 5.69 Å². The molecule has 1 saturated heterocycles. The first-order valence-electron chi connectivity index (χ1n) is 7.67. The van der Waals surface area contributed by atoms with Gasteiger partial charge in [-0.25, -0.2) is 19.9 Å². The molecule has 0 spiro atoms. The molecule has 0 radical (unpaired) electrons. The SMILES string of the molecule is Cc1cc(N2CCCC(c3ccnc(N(C)C)n3)C2)ncn1. The van der Waals surface area contributed by atoms with Gasteiger partial charge in [0, 0.05) is 51.1 Å². The number of anilines is 2. The monoisotopic (exact) mass is 298 g/mol. The first-order chi connectivity index (χ1) is 10.6. The van der Waals surface area contributed by atoms with Crippen LogP contribution in [0, 0.1) is 6.92 Å². The highest BCUT2D eigenvalue weighted by Gasteiger charge is 2.24. The fourth-order valence-corrected chi connectivity index (χ4v) is 2.84. The Bertz CT molecular complexity index is 642. The fraction of sp³-hybridized carbons (Fsp3) is 0.500. The standard InChI is InChI=1S/C16H22N6/c1-12-9-15(19-11-18-12)22-8-4-5-13(10-22)14-6-7-17-16(20-14)21(2)3/h6-7,9,11,13H,4-5,8,10H2,1-3H3. The van der Waals surface area contributed by atoms with Crippen LogP contribution in [0.25, 0.3) is 0 Å². The zero-order chi connectivity index (χ0) is 15.5. The van der Waals surface area contributed by atoms with Crippen molar-refractivity contribution in [1.82, 2.24) is 19.9 Å². The van der Waals surface area contributed by atoms with E-state index < -0.39 is 0 Å². The third-order valence-electron chi connectivity index (χ3n) is 4.02. The van der Waals surface area contributed by atoms with E-state index >= 15 is 0 Å². The van der Waals surface area contributed by atoms with E-state index in [9.17, 15) is 0 Å². The molecule has 0 bridgehead atoms. The molecule has 2 aromatic rings. The van der Waals surface area contributed by atoms with Crippen molar-refractivity contribution in [3.8, 4) is 0 Å². The van der Waals surface area contributed by atoms with Crippen LogP contribution < -0.4 is 9.80 Å². The third kappa shape index (κ3) is 3.16. The third-order valence-corrected chi connectivity index (χ3v) is 4.02. The lowest BCUT2D eigenvalue weighted by Crippen LogP contribution is -2.35. The summed E-state index contributed by atoms with van der Waals surface area (Å²) >= 11 is 0. The first kappa shape index (κ1) is 14.7. The van der Waals surface area contributed by atoms with Crippen molar-refractivity contribution in [2.75, 3.05) is 37.0 Å². The van der Waals surface area contributed by atoms with Gasteiger partial charge in [-0.2, -0.15) is 0 Å². The van der Waals surface area contributed by atoms with Crippen molar-refractivity contribution in [2.45, 2.75) is 25.7 Å².